The zero-order valence-corrected chi connectivity index (χ0v) is 25.6. The molecule has 0 radical (unpaired) electrons. The predicted octanol–water partition coefficient (Wildman–Crippen LogP) is 0.406. The Hall–Kier alpha value is -4.47. The number of hydrogen-bond acceptors (Lipinski definition) is 9. The number of nitrogens with zero attached hydrogens (tertiary/aromatic N) is 1. The number of carbonyl (C=O) groups is 6. The highest BCUT2D eigenvalue weighted by atomic mass is 32.2. The average molecular weight is 639 g/mol. The second kappa shape index (κ2) is 15.3. The van der Waals surface area contributed by atoms with Gasteiger partial charge in [0.25, 0.3) is 0 Å². The van der Waals surface area contributed by atoms with Gasteiger partial charge in [0.15, 0.2) is 9.84 Å². The summed E-state index contributed by atoms with van der Waals surface area (Å²) in [5, 5.41) is 26.4. The highest BCUT2D eigenvalue weighted by Crippen LogP contribution is 2.27. The number of nitrogens with one attached hydrogen (secondary N) is 3. The van der Waals surface area contributed by atoms with Crippen molar-refractivity contribution in [1.82, 2.24) is 20.9 Å². The second-order valence-corrected chi connectivity index (χ2v) is 13.3. The van der Waals surface area contributed by atoms with Crippen molar-refractivity contribution in [1.29, 1.82) is 0 Å². The molecule has 4 amide bonds. The van der Waals surface area contributed by atoms with Crippen LogP contribution >= 0.6 is 0 Å². The third-order valence-electron chi connectivity index (χ3n) is 6.49. The lowest BCUT2D eigenvalue weighted by Gasteiger charge is -2.44. The molecule has 1 saturated heterocycles. The number of hydrogen-bond donors (Lipinski definition) is 5. The smallest absolute Gasteiger partial charge is 0.408 e. The molecule has 1 heterocycles. The Bertz CT molecular complexity index is 1370. The fourth-order valence-corrected chi connectivity index (χ4v) is 4.62. The van der Waals surface area contributed by atoms with Crippen LogP contribution in [0.15, 0.2) is 41.8 Å². The van der Waals surface area contributed by atoms with Crippen LogP contribution in [-0.4, -0.2) is 96.3 Å². The predicted molar refractivity (Wildman–Crippen MR) is 155 cm³/mol. The minimum Gasteiger partial charge on any atom is -0.481 e. The molecule has 0 aromatic heterocycles. The van der Waals surface area contributed by atoms with Crippen molar-refractivity contribution in [2.24, 2.45) is 5.41 Å². The molecule has 16 heteroatoms. The van der Waals surface area contributed by atoms with Crippen LogP contribution in [0, 0.1) is 5.41 Å². The van der Waals surface area contributed by atoms with E-state index in [1.807, 2.05) is 0 Å². The first kappa shape index (κ1) is 35.7. The van der Waals surface area contributed by atoms with E-state index in [-0.39, 0.29) is 19.6 Å². The maximum atomic E-state index is 13.6. The number of ether oxygens (including phenoxy) is 1. The number of benzene rings is 1. The van der Waals surface area contributed by atoms with Gasteiger partial charge in [0.1, 0.15) is 24.7 Å². The van der Waals surface area contributed by atoms with E-state index in [9.17, 15) is 42.3 Å². The number of alkyl carbamates (subject to hydrolysis) is 1. The lowest BCUT2D eigenvalue weighted by atomic mass is 9.84. The summed E-state index contributed by atoms with van der Waals surface area (Å²) in [5.41, 5.74) is -0.274. The van der Waals surface area contributed by atoms with Gasteiger partial charge >= 0.3 is 18.0 Å². The minimum atomic E-state index is -3.60. The molecule has 44 heavy (non-hydrogen) atoms. The molecule has 0 aliphatic carbocycles. The molecule has 242 valence electrons. The Morgan fingerprint density at radius 1 is 1.00 bits per heavy atom. The topological polar surface area (TPSA) is 226 Å². The van der Waals surface area contributed by atoms with E-state index in [2.05, 4.69) is 16.0 Å². The summed E-state index contributed by atoms with van der Waals surface area (Å²) in [6.45, 7) is 4.91. The Morgan fingerprint density at radius 3 is 2.11 bits per heavy atom. The summed E-state index contributed by atoms with van der Waals surface area (Å²) in [5.74, 6) is -5.04. The van der Waals surface area contributed by atoms with Gasteiger partial charge in [-0.05, 0) is 17.4 Å². The number of aliphatic carboxylic acids is 2. The largest absolute Gasteiger partial charge is 0.481 e. The third kappa shape index (κ3) is 11.7. The first-order valence-electron chi connectivity index (χ1n) is 13.6. The Labute approximate surface area is 254 Å². The Balaban J connectivity index is 2.15. The van der Waals surface area contributed by atoms with Crippen LogP contribution < -0.4 is 16.0 Å². The second-order valence-electron chi connectivity index (χ2n) is 11.4. The number of sulfone groups is 1. The maximum absolute atomic E-state index is 13.6. The van der Waals surface area contributed by atoms with Crippen molar-refractivity contribution in [2.75, 3.05) is 12.8 Å². The lowest BCUT2D eigenvalue weighted by Crippen LogP contribution is -2.66. The van der Waals surface area contributed by atoms with Crippen LogP contribution in [0.5, 0.6) is 0 Å². The minimum absolute atomic E-state index is 0.130. The van der Waals surface area contributed by atoms with Crippen molar-refractivity contribution >= 4 is 45.6 Å². The van der Waals surface area contributed by atoms with Crippen molar-refractivity contribution in [3.63, 3.8) is 0 Å². The molecule has 1 aliphatic rings. The van der Waals surface area contributed by atoms with Gasteiger partial charge in [-0.3, -0.25) is 24.0 Å². The van der Waals surface area contributed by atoms with Gasteiger partial charge in [-0.1, -0.05) is 57.2 Å². The van der Waals surface area contributed by atoms with Gasteiger partial charge in [-0.25, -0.2) is 13.2 Å². The molecular weight excluding hydrogens is 600 g/mol. The third-order valence-corrected chi connectivity index (χ3v) is 7.14. The Kier molecular flexibility index (Phi) is 12.4. The van der Waals surface area contributed by atoms with Crippen LogP contribution in [0.25, 0.3) is 0 Å². The van der Waals surface area contributed by atoms with Crippen molar-refractivity contribution in [3.8, 4) is 0 Å². The quantitative estimate of drug-likeness (QED) is 0.187. The molecule has 0 unspecified atom stereocenters. The average Bonchev–Trinajstić information content (AvgIpc) is 2.86. The van der Waals surface area contributed by atoms with Crippen LogP contribution in [0.4, 0.5) is 4.79 Å². The highest BCUT2D eigenvalue weighted by Gasteiger charge is 2.45. The van der Waals surface area contributed by atoms with E-state index in [1.54, 1.807) is 51.1 Å². The molecule has 4 atom stereocenters. The summed E-state index contributed by atoms with van der Waals surface area (Å²) >= 11 is 0. The number of likely N-dealkylation sites (tertiary alicyclic amines) is 1. The van der Waals surface area contributed by atoms with Crippen molar-refractivity contribution < 1.29 is 52.1 Å². The molecule has 0 bridgehead atoms. The van der Waals surface area contributed by atoms with Gasteiger partial charge in [0.05, 0.1) is 18.9 Å². The molecule has 5 N–H and O–H groups in total. The van der Waals surface area contributed by atoms with Crippen molar-refractivity contribution in [2.45, 2.75) is 70.8 Å². The van der Waals surface area contributed by atoms with Crippen LogP contribution in [0.3, 0.4) is 0 Å². The standard InChI is InChI=1S/C28H38N4O11S/c1-28(2,3)23(31-24(37)19(15-22(35)36)30-27(40)43-16-17-8-6-5-7-9-17)26(39)32-12-10-20(32)25(38)29-18(14-21(33)34)11-13-44(4,41)42/h5-9,11,13,18-20,23H,10,12,14-16H2,1-4H3,(H,29,38)(H,30,40)(H,31,37)(H,33,34)(H,35,36)/t18-,19+,20-,23+/m1/s1. The van der Waals surface area contributed by atoms with Gasteiger partial charge < -0.3 is 35.8 Å². The van der Waals surface area contributed by atoms with E-state index in [4.69, 9.17) is 9.84 Å². The fourth-order valence-electron chi connectivity index (χ4n) is 4.14. The van der Waals surface area contributed by atoms with Gasteiger partial charge in [-0.2, -0.15) is 0 Å². The fraction of sp³-hybridized carbons (Fsp3) is 0.500. The number of amides is 4. The van der Waals surface area contributed by atoms with Gasteiger partial charge in [0, 0.05) is 18.2 Å². The van der Waals surface area contributed by atoms with Crippen molar-refractivity contribution in [3.05, 3.63) is 47.4 Å². The zero-order valence-electron chi connectivity index (χ0n) is 24.8. The monoisotopic (exact) mass is 638 g/mol. The van der Waals surface area contributed by atoms with Crippen LogP contribution in [0.1, 0.15) is 45.6 Å². The van der Waals surface area contributed by atoms with E-state index in [0.717, 1.165) is 17.7 Å². The molecule has 15 nitrogen and oxygen atoms in total. The molecule has 0 spiro atoms. The summed E-state index contributed by atoms with van der Waals surface area (Å²) in [6.07, 6.45) is -0.308. The van der Waals surface area contributed by atoms with E-state index in [1.165, 1.54) is 4.90 Å². The molecule has 2 rings (SSSR count). The number of carboxylic acid groups (broad SMARTS) is 2. The summed E-state index contributed by atoms with van der Waals surface area (Å²) in [6, 6.07) is 3.59. The Morgan fingerprint density at radius 2 is 1.61 bits per heavy atom. The highest BCUT2D eigenvalue weighted by molar-refractivity contribution is 7.93. The summed E-state index contributed by atoms with van der Waals surface area (Å²) in [7, 11) is -3.60. The molecule has 1 aromatic rings. The lowest BCUT2D eigenvalue weighted by molar-refractivity contribution is -0.152. The van der Waals surface area contributed by atoms with Gasteiger partial charge in [0.2, 0.25) is 17.7 Å². The van der Waals surface area contributed by atoms with Gasteiger partial charge in [-0.15, -0.1) is 0 Å². The number of rotatable bonds is 14. The van der Waals surface area contributed by atoms with E-state index >= 15 is 0 Å². The molecule has 1 aliphatic heterocycles. The van der Waals surface area contributed by atoms with Crippen LogP contribution in [-0.2, 0) is 45.2 Å². The normalized spacial score (nSPS) is 17.0. The maximum Gasteiger partial charge on any atom is 0.408 e. The first-order chi connectivity index (χ1) is 20.4. The zero-order chi connectivity index (χ0) is 33.2. The first-order valence-corrected chi connectivity index (χ1v) is 15.5. The number of carboxylic acids is 2. The molecule has 1 aromatic carbocycles. The van der Waals surface area contributed by atoms with E-state index in [0.29, 0.717) is 5.56 Å². The summed E-state index contributed by atoms with van der Waals surface area (Å²) in [4.78, 5) is 76.0. The molecular formula is C28H38N4O11S. The molecule has 0 saturated carbocycles. The van der Waals surface area contributed by atoms with Crippen LogP contribution in [0.2, 0.25) is 0 Å². The SMILES string of the molecule is CC(C)(C)[C@@H](NC(=O)[C@H](CC(=O)O)NC(=O)OCc1ccccc1)C(=O)N1CC[C@@H]1C(=O)N[C@H](C=CS(C)(=O)=O)CC(=O)O. The summed E-state index contributed by atoms with van der Waals surface area (Å²) < 4.78 is 28.0. The molecule has 1 fully saturated rings. The van der Waals surface area contributed by atoms with E-state index < -0.39 is 88.0 Å². The number of carbonyl (C=O) groups excluding carboxylic acids is 4.